The van der Waals surface area contributed by atoms with Crippen LogP contribution in [0.25, 0.3) is 6.08 Å². The molecule has 0 N–H and O–H groups in total. The minimum absolute atomic E-state index is 0.219. The maximum absolute atomic E-state index is 12.9. The molecule has 2 aliphatic heterocycles. The van der Waals surface area contributed by atoms with Gasteiger partial charge < -0.3 is 9.64 Å². The van der Waals surface area contributed by atoms with Crippen molar-refractivity contribution in [1.29, 1.82) is 0 Å². The standard InChI is InChI=1S/C25H28ClN3O3S/c1-2-3-15-32-22-9-7-19(8-10-22)16-23-24(30)29(25(31)33-23)18-27-11-13-28(14-12-27)21-6-4-5-20(26)17-21/h4-10,16-17H,2-3,11-15,18H2,1H3/b23-16+. The number of unbranched alkanes of at least 4 members (excludes halogenated alkanes) is 1. The van der Waals surface area contributed by atoms with Crippen LogP contribution in [0.15, 0.2) is 53.4 Å². The molecule has 0 aliphatic carbocycles. The largest absolute Gasteiger partial charge is 0.494 e. The van der Waals surface area contributed by atoms with Crippen molar-refractivity contribution in [2.24, 2.45) is 0 Å². The number of hydrogen-bond donors (Lipinski definition) is 0. The lowest BCUT2D eigenvalue weighted by molar-refractivity contribution is -0.124. The highest BCUT2D eigenvalue weighted by Crippen LogP contribution is 2.33. The Labute approximate surface area is 204 Å². The van der Waals surface area contributed by atoms with Crippen molar-refractivity contribution in [2.45, 2.75) is 19.8 Å². The first-order valence-electron chi connectivity index (χ1n) is 11.2. The topological polar surface area (TPSA) is 53.1 Å². The molecule has 6 nitrogen and oxygen atoms in total. The first-order valence-corrected chi connectivity index (χ1v) is 12.4. The SMILES string of the molecule is CCCCOc1ccc(/C=C2/SC(=O)N(CN3CCN(c4cccc(Cl)c4)CC3)C2=O)cc1. The third-order valence-electron chi connectivity index (χ3n) is 5.71. The number of carbonyl (C=O) groups excluding carboxylic acids is 2. The number of anilines is 1. The highest BCUT2D eigenvalue weighted by Gasteiger charge is 2.36. The van der Waals surface area contributed by atoms with Crippen molar-refractivity contribution >= 4 is 46.3 Å². The molecule has 0 aromatic heterocycles. The third kappa shape index (κ3) is 6.10. The smallest absolute Gasteiger partial charge is 0.294 e. The van der Waals surface area contributed by atoms with Crippen LogP contribution in [0.4, 0.5) is 10.5 Å². The fourth-order valence-electron chi connectivity index (χ4n) is 3.79. The van der Waals surface area contributed by atoms with Crippen LogP contribution < -0.4 is 9.64 Å². The van der Waals surface area contributed by atoms with Crippen LogP contribution in [0, 0.1) is 0 Å². The van der Waals surface area contributed by atoms with Crippen LogP contribution in [-0.2, 0) is 4.79 Å². The lowest BCUT2D eigenvalue weighted by Crippen LogP contribution is -2.50. The van der Waals surface area contributed by atoms with Crippen molar-refractivity contribution in [3.63, 3.8) is 0 Å². The lowest BCUT2D eigenvalue weighted by atomic mass is 10.2. The van der Waals surface area contributed by atoms with Gasteiger partial charge in [0.1, 0.15) is 5.75 Å². The fraction of sp³-hybridized carbons (Fsp3) is 0.360. The number of hydrogen-bond acceptors (Lipinski definition) is 6. The van der Waals surface area contributed by atoms with E-state index in [9.17, 15) is 9.59 Å². The summed E-state index contributed by atoms with van der Waals surface area (Å²) in [6.07, 6.45) is 3.88. The maximum Gasteiger partial charge on any atom is 0.294 e. The molecule has 0 unspecified atom stereocenters. The number of amides is 2. The van der Waals surface area contributed by atoms with Gasteiger partial charge in [-0.3, -0.25) is 19.4 Å². The van der Waals surface area contributed by atoms with E-state index in [1.807, 2.05) is 48.5 Å². The van der Waals surface area contributed by atoms with Gasteiger partial charge >= 0.3 is 0 Å². The summed E-state index contributed by atoms with van der Waals surface area (Å²) in [4.78, 5) is 31.6. The number of carbonyl (C=O) groups is 2. The molecule has 174 valence electrons. The van der Waals surface area contributed by atoms with E-state index in [1.165, 1.54) is 4.90 Å². The molecule has 0 spiro atoms. The Kier molecular flexibility index (Phi) is 7.96. The van der Waals surface area contributed by atoms with Crippen molar-refractivity contribution in [2.75, 3.05) is 44.4 Å². The summed E-state index contributed by atoms with van der Waals surface area (Å²) in [7, 11) is 0. The molecule has 2 saturated heterocycles. The van der Waals surface area contributed by atoms with Gasteiger partial charge in [-0.05, 0) is 60.2 Å². The first kappa shape index (κ1) is 23.7. The van der Waals surface area contributed by atoms with Crippen LogP contribution in [-0.4, -0.2) is 60.4 Å². The quantitative estimate of drug-likeness (QED) is 0.372. The third-order valence-corrected chi connectivity index (χ3v) is 6.85. The second-order valence-electron chi connectivity index (χ2n) is 8.11. The molecule has 2 heterocycles. The Balaban J connectivity index is 1.32. The summed E-state index contributed by atoms with van der Waals surface area (Å²) in [6, 6.07) is 15.4. The zero-order chi connectivity index (χ0) is 23.2. The van der Waals surface area contributed by atoms with E-state index >= 15 is 0 Å². The normalized spacial score (nSPS) is 18.4. The molecule has 2 amide bonds. The van der Waals surface area contributed by atoms with E-state index in [-0.39, 0.29) is 11.1 Å². The highest BCUT2D eigenvalue weighted by atomic mass is 35.5. The molecule has 2 aliphatic rings. The van der Waals surface area contributed by atoms with Crippen molar-refractivity contribution in [1.82, 2.24) is 9.80 Å². The molecular weight excluding hydrogens is 458 g/mol. The maximum atomic E-state index is 12.9. The molecule has 0 bridgehead atoms. The molecular formula is C25H28ClN3O3S. The number of halogens is 1. The lowest BCUT2D eigenvalue weighted by Gasteiger charge is -2.37. The summed E-state index contributed by atoms with van der Waals surface area (Å²) in [6.45, 7) is 6.32. The Morgan fingerprint density at radius 3 is 2.52 bits per heavy atom. The van der Waals surface area contributed by atoms with Gasteiger partial charge in [0.25, 0.3) is 11.1 Å². The molecule has 2 aromatic carbocycles. The van der Waals surface area contributed by atoms with Gasteiger partial charge in [-0.15, -0.1) is 0 Å². The Morgan fingerprint density at radius 2 is 1.82 bits per heavy atom. The van der Waals surface area contributed by atoms with Crippen LogP contribution in [0.5, 0.6) is 5.75 Å². The molecule has 4 rings (SSSR count). The number of thioether (sulfide) groups is 1. The number of ether oxygens (including phenoxy) is 1. The second kappa shape index (κ2) is 11.1. The van der Waals surface area contributed by atoms with Crippen molar-refractivity contribution in [3.05, 3.63) is 64.0 Å². The van der Waals surface area contributed by atoms with E-state index in [4.69, 9.17) is 16.3 Å². The summed E-state index contributed by atoms with van der Waals surface area (Å²) in [5.74, 6) is 0.580. The van der Waals surface area contributed by atoms with E-state index in [2.05, 4.69) is 16.7 Å². The molecule has 0 saturated carbocycles. The second-order valence-corrected chi connectivity index (χ2v) is 9.54. The first-order chi connectivity index (χ1) is 16.0. The minimum Gasteiger partial charge on any atom is -0.494 e. The predicted octanol–water partition coefficient (Wildman–Crippen LogP) is 5.33. The van der Waals surface area contributed by atoms with Gasteiger partial charge in [-0.2, -0.15) is 0 Å². The molecule has 33 heavy (non-hydrogen) atoms. The Morgan fingerprint density at radius 1 is 1.06 bits per heavy atom. The Hall–Kier alpha value is -2.48. The van der Waals surface area contributed by atoms with E-state index < -0.39 is 0 Å². The number of piperazine rings is 1. The van der Waals surface area contributed by atoms with Gasteiger partial charge in [0.05, 0.1) is 18.2 Å². The van der Waals surface area contributed by atoms with Gasteiger partial charge in [0, 0.05) is 36.9 Å². The summed E-state index contributed by atoms with van der Waals surface area (Å²) < 4.78 is 5.68. The van der Waals surface area contributed by atoms with E-state index in [0.717, 1.165) is 72.8 Å². The van der Waals surface area contributed by atoms with Gasteiger partial charge in [0.15, 0.2) is 0 Å². The van der Waals surface area contributed by atoms with Crippen LogP contribution in [0.2, 0.25) is 5.02 Å². The molecule has 2 fully saturated rings. The molecule has 2 aromatic rings. The van der Waals surface area contributed by atoms with Crippen LogP contribution in [0.1, 0.15) is 25.3 Å². The zero-order valence-electron chi connectivity index (χ0n) is 18.7. The zero-order valence-corrected chi connectivity index (χ0v) is 20.3. The van der Waals surface area contributed by atoms with Gasteiger partial charge in [0.2, 0.25) is 0 Å². The summed E-state index contributed by atoms with van der Waals surface area (Å²) in [5, 5.41) is 0.501. The highest BCUT2D eigenvalue weighted by molar-refractivity contribution is 8.18. The number of nitrogens with zero attached hydrogens (tertiary/aromatic N) is 3. The van der Waals surface area contributed by atoms with Crippen LogP contribution >= 0.6 is 23.4 Å². The summed E-state index contributed by atoms with van der Waals surface area (Å²) >= 11 is 7.11. The van der Waals surface area contributed by atoms with Crippen molar-refractivity contribution < 1.29 is 14.3 Å². The fourth-order valence-corrected chi connectivity index (χ4v) is 4.80. The number of benzene rings is 2. The van der Waals surface area contributed by atoms with Crippen LogP contribution in [0.3, 0.4) is 0 Å². The predicted molar refractivity (Wildman–Crippen MR) is 135 cm³/mol. The van der Waals surface area contributed by atoms with Gasteiger partial charge in [-0.1, -0.05) is 43.1 Å². The number of rotatable bonds is 8. The number of imide groups is 1. The van der Waals surface area contributed by atoms with Crippen molar-refractivity contribution in [3.8, 4) is 5.75 Å². The van der Waals surface area contributed by atoms with Gasteiger partial charge in [-0.25, -0.2) is 0 Å². The molecule has 0 radical (unpaired) electrons. The van der Waals surface area contributed by atoms with E-state index in [1.54, 1.807) is 6.08 Å². The average molecular weight is 486 g/mol. The minimum atomic E-state index is -0.231. The molecule has 0 atom stereocenters. The molecule has 8 heteroatoms. The monoisotopic (exact) mass is 485 g/mol. The average Bonchev–Trinajstić information content (AvgIpc) is 3.08. The van der Waals surface area contributed by atoms with E-state index in [0.29, 0.717) is 18.2 Å². The Bertz CT molecular complexity index is 1020. The summed E-state index contributed by atoms with van der Waals surface area (Å²) in [5.41, 5.74) is 1.97.